The van der Waals surface area contributed by atoms with Crippen molar-refractivity contribution in [3.8, 4) is 11.5 Å². The van der Waals surface area contributed by atoms with Crippen LogP contribution < -0.4 is 20.1 Å². The van der Waals surface area contributed by atoms with Crippen LogP contribution in [0.5, 0.6) is 11.5 Å². The Kier molecular flexibility index (Phi) is 8.05. The quantitative estimate of drug-likeness (QED) is 0.529. The van der Waals surface area contributed by atoms with E-state index in [9.17, 15) is 9.59 Å². The summed E-state index contributed by atoms with van der Waals surface area (Å²) < 4.78 is 10.7. The van der Waals surface area contributed by atoms with Gasteiger partial charge in [0.2, 0.25) is 0 Å². The van der Waals surface area contributed by atoms with Gasteiger partial charge in [0.15, 0.2) is 6.61 Å². The molecule has 6 nitrogen and oxygen atoms in total. The third-order valence-electron chi connectivity index (χ3n) is 4.66. The first-order chi connectivity index (χ1) is 15.1. The van der Waals surface area contributed by atoms with Gasteiger partial charge in [-0.15, -0.1) is 0 Å². The fourth-order valence-corrected chi connectivity index (χ4v) is 2.95. The monoisotopic (exact) mass is 418 g/mol. The molecule has 31 heavy (non-hydrogen) atoms. The second-order valence-corrected chi connectivity index (χ2v) is 6.93. The first kappa shape index (κ1) is 21.9. The van der Waals surface area contributed by atoms with Crippen molar-refractivity contribution in [2.24, 2.45) is 0 Å². The smallest absolute Gasteiger partial charge is 0.257 e. The van der Waals surface area contributed by atoms with E-state index in [0.717, 1.165) is 16.9 Å². The summed E-state index contributed by atoms with van der Waals surface area (Å²) in [6.07, 6.45) is 0.715. The lowest BCUT2D eigenvalue weighted by Gasteiger charge is -2.10. The highest BCUT2D eigenvalue weighted by molar-refractivity contribution is 5.94. The molecular formula is C25H26N2O4. The number of amides is 2. The third kappa shape index (κ3) is 7.19. The van der Waals surface area contributed by atoms with Gasteiger partial charge in [-0.25, -0.2) is 0 Å². The number of hydrogen-bond acceptors (Lipinski definition) is 4. The van der Waals surface area contributed by atoms with Gasteiger partial charge in [-0.1, -0.05) is 48.5 Å². The zero-order chi connectivity index (χ0) is 21.9. The van der Waals surface area contributed by atoms with E-state index >= 15 is 0 Å². The summed E-state index contributed by atoms with van der Waals surface area (Å²) in [5.74, 6) is 0.862. The second kappa shape index (κ2) is 11.4. The van der Waals surface area contributed by atoms with Crippen LogP contribution in [0.3, 0.4) is 0 Å². The molecule has 0 heterocycles. The van der Waals surface area contributed by atoms with Crippen molar-refractivity contribution in [2.45, 2.75) is 13.0 Å². The Labute approximate surface area is 182 Å². The molecule has 0 radical (unpaired) electrons. The van der Waals surface area contributed by atoms with Gasteiger partial charge in [-0.3, -0.25) is 9.59 Å². The van der Waals surface area contributed by atoms with Crippen molar-refractivity contribution in [3.05, 3.63) is 95.6 Å². The summed E-state index contributed by atoms with van der Waals surface area (Å²) in [6.45, 7) is 0.843. The lowest BCUT2D eigenvalue weighted by Crippen LogP contribution is -2.30. The Balaban J connectivity index is 1.41. The number of carbonyl (C=O) groups excluding carboxylic acids is 2. The Hall–Kier alpha value is -3.80. The minimum absolute atomic E-state index is 0.113. The van der Waals surface area contributed by atoms with E-state index in [2.05, 4.69) is 10.6 Å². The van der Waals surface area contributed by atoms with Crippen LogP contribution in [-0.4, -0.2) is 32.1 Å². The van der Waals surface area contributed by atoms with Crippen molar-refractivity contribution in [1.29, 1.82) is 0 Å². The minimum atomic E-state index is -0.215. The van der Waals surface area contributed by atoms with Gasteiger partial charge < -0.3 is 20.1 Å². The molecule has 2 N–H and O–H groups in total. The van der Waals surface area contributed by atoms with E-state index in [1.165, 1.54) is 0 Å². The molecule has 6 heteroatoms. The van der Waals surface area contributed by atoms with Crippen LogP contribution in [0.1, 0.15) is 21.5 Å². The molecule has 160 valence electrons. The molecule has 0 spiro atoms. The molecule has 0 atom stereocenters. The van der Waals surface area contributed by atoms with Crippen LogP contribution in [0.2, 0.25) is 0 Å². The Morgan fingerprint density at radius 1 is 0.806 bits per heavy atom. The van der Waals surface area contributed by atoms with Gasteiger partial charge in [0.25, 0.3) is 11.8 Å². The van der Waals surface area contributed by atoms with Crippen LogP contribution in [0, 0.1) is 0 Å². The SMILES string of the molecule is COc1ccc(CCNC(=O)COc2cccc(C(=O)NCc3ccccc3)c2)cc1. The van der Waals surface area contributed by atoms with Gasteiger partial charge in [0.05, 0.1) is 7.11 Å². The predicted octanol–water partition coefficient (Wildman–Crippen LogP) is 3.36. The predicted molar refractivity (Wildman–Crippen MR) is 119 cm³/mol. The van der Waals surface area contributed by atoms with Crippen LogP contribution in [0.15, 0.2) is 78.9 Å². The molecule has 0 aliphatic rings. The topological polar surface area (TPSA) is 76.7 Å². The Bertz CT molecular complexity index is 988. The summed E-state index contributed by atoms with van der Waals surface area (Å²) in [4.78, 5) is 24.4. The van der Waals surface area contributed by atoms with E-state index in [1.54, 1.807) is 31.4 Å². The van der Waals surface area contributed by atoms with Gasteiger partial charge >= 0.3 is 0 Å². The fourth-order valence-electron chi connectivity index (χ4n) is 2.95. The van der Waals surface area contributed by atoms with Crippen LogP contribution in [-0.2, 0) is 17.8 Å². The van der Waals surface area contributed by atoms with Crippen molar-refractivity contribution in [1.82, 2.24) is 10.6 Å². The molecule has 0 aliphatic heterocycles. The summed E-state index contributed by atoms with van der Waals surface area (Å²) in [5, 5.41) is 5.71. The van der Waals surface area contributed by atoms with Crippen molar-refractivity contribution >= 4 is 11.8 Å². The number of hydrogen-bond donors (Lipinski definition) is 2. The fraction of sp³-hybridized carbons (Fsp3) is 0.200. The molecule has 3 rings (SSSR count). The average Bonchev–Trinajstić information content (AvgIpc) is 2.82. The molecule has 0 aromatic heterocycles. The molecular weight excluding hydrogens is 392 g/mol. The van der Waals surface area contributed by atoms with Gasteiger partial charge in [-0.05, 0) is 47.9 Å². The normalized spacial score (nSPS) is 10.2. The largest absolute Gasteiger partial charge is 0.497 e. The molecule has 2 amide bonds. The zero-order valence-corrected chi connectivity index (χ0v) is 17.5. The third-order valence-corrected chi connectivity index (χ3v) is 4.66. The lowest BCUT2D eigenvalue weighted by atomic mass is 10.1. The number of rotatable bonds is 10. The van der Waals surface area contributed by atoms with Crippen molar-refractivity contribution in [3.63, 3.8) is 0 Å². The number of carbonyl (C=O) groups is 2. The molecule has 0 saturated carbocycles. The number of benzene rings is 3. The van der Waals surface area contributed by atoms with E-state index in [-0.39, 0.29) is 18.4 Å². The average molecular weight is 418 g/mol. The van der Waals surface area contributed by atoms with Gasteiger partial charge in [-0.2, -0.15) is 0 Å². The number of methoxy groups -OCH3 is 1. The maximum Gasteiger partial charge on any atom is 0.257 e. The van der Waals surface area contributed by atoms with Crippen molar-refractivity contribution in [2.75, 3.05) is 20.3 Å². The highest BCUT2D eigenvalue weighted by Gasteiger charge is 2.08. The number of nitrogens with one attached hydrogen (secondary N) is 2. The summed E-state index contributed by atoms with van der Waals surface area (Å²) in [5.41, 5.74) is 2.61. The summed E-state index contributed by atoms with van der Waals surface area (Å²) in [6, 6.07) is 24.2. The molecule has 0 aliphatic carbocycles. The van der Waals surface area contributed by atoms with E-state index < -0.39 is 0 Å². The molecule has 0 bridgehead atoms. The molecule has 3 aromatic carbocycles. The maximum atomic E-state index is 12.4. The van der Waals surface area contributed by atoms with Crippen LogP contribution >= 0.6 is 0 Å². The molecule has 0 unspecified atom stereocenters. The Morgan fingerprint density at radius 3 is 2.32 bits per heavy atom. The molecule has 3 aromatic rings. The minimum Gasteiger partial charge on any atom is -0.497 e. The molecule has 0 fully saturated rings. The van der Waals surface area contributed by atoms with E-state index in [0.29, 0.717) is 30.8 Å². The summed E-state index contributed by atoms with van der Waals surface area (Å²) in [7, 11) is 1.63. The highest BCUT2D eigenvalue weighted by atomic mass is 16.5. The first-order valence-corrected chi connectivity index (χ1v) is 10.1. The van der Waals surface area contributed by atoms with Gasteiger partial charge in [0.1, 0.15) is 11.5 Å². The standard InChI is InChI=1S/C25H26N2O4/c1-30-22-12-10-19(11-13-22)14-15-26-24(28)18-31-23-9-5-8-21(16-23)25(29)27-17-20-6-3-2-4-7-20/h2-13,16H,14-15,17-18H2,1H3,(H,26,28)(H,27,29). The first-order valence-electron chi connectivity index (χ1n) is 10.1. The zero-order valence-electron chi connectivity index (χ0n) is 17.5. The number of ether oxygens (including phenoxy) is 2. The van der Waals surface area contributed by atoms with Crippen LogP contribution in [0.25, 0.3) is 0 Å². The second-order valence-electron chi connectivity index (χ2n) is 6.93. The van der Waals surface area contributed by atoms with Gasteiger partial charge in [0, 0.05) is 18.7 Å². The maximum absolute atomic E-state index is 12.4. The highest BCUT2D eigenvalue weighted by Crippen LogP contribution is 2.14. The van der Waals surface area contributed by atoms with Crippen LogP contribution in [0.4, 0.5) is 0 Å². The van der Waals surface area contributed by atoms with E-state index in [1.807, 2.05) is 54.6 Å². The Morgan fingerprint density at radius 2 is 1.58 bits per heavy atom. The lowest BCUT2D eigenvalue weighted by molar-refractivity contribution is -0.123. The van der Waals surface area contributed by atoms with Crippen molar-refractivity contribution < 1.29 is 19.1 Å². The molecule has 0 saturated heterocycles. The van der Waals surface area contributed by atoms with E-state index in [4.69, 9.17) is 9.47 Å². The summed E-state index contributed by atoms with van der Waals surface area (Å²) >= 11 is 0.